The van der Waals surface area contributed by atoms with Crippen LogP contribution in [0.5, 0.6) is 5.75 Å². The molecule has 0 aliphatic heterocycles. The summed E-state index contributed by atoms with van der Waals surface area (Å²) in [5.41, 5.74) is 1.86. The SMILES string of the molecule is CCC(CC)n1ccc2cnc(Nc3cccc(OCCn4ccnc4)c3)nc21. The molecule has 29 heavy (non-hydrogen) atoms. The fourth-order valence-corrected chi connectivity index (χ4v) is 3.46. The van der Waals surface area contributed by atoms with Crippen molar-refractivity contribution in [3.8, 4) is 5.75 Å². The first-order valence-corrected chi connectivity index (χ1v) is 10.1. The van der Waals surface area contributed by atoms with Crippen molar-refractivity contribution in [2.45, 2.75) is 39.3 Å². The fourth-order valence-electron chi connectivity index (χ4n) is 3.46. The molecule has 0 saturated heterocycles. The third kappa shape index (κ3) is 4.39. The Balaban J connectivity index is 1.47. The lowest BCUT2D eigenvalue weighted by molar-refractivity contribution is 0.298. The highest BCUT2D eigenvalue weighted by atomic mass is 16.5. The molecule has 4 aromatic rings. The molecule has 4 rings (SSSR count). The molecule has 150 valence electrons. The Hall–Kier alpha value is -3.35. The molecule has 0 bridgehead atoms. The van der Waals surface area contributed by atoms with Crippen molar-refractivity contribution < 1.29 is 4.74 Å². The Bertz CT molecular complexity index is 1050. The number of imidazole rings is 1. The van der Waals surface area contributed by atoms with E-state index < -0.39 is 0 Å². The van der Waals surface area contributed by atoms with Gasteiger partial charge in [0.15, 0.2) is 0 Å². The first-order chi connectivity index (χ1) is 14.3. The molecule has 1 aromatic carbocycles. The highest BCUT2D eigenvalue weighted by Crippen LogP contribution is 2.25. The van der Waals surface area contributed by atoms with Crippen LogP contribution in [0.25, 0.3) is 11.0 Å². The molecule has 1 N–H and O–H groups in total. The summed E-state index contributed by atoms with van der Waals surface area (Å²) in [5.74, 6) is 1.38. The summed E-state index contributed by atoms with van der Waals surface area (Å²) in [4.78, 5) is 13.3. The van der Waals surface area contributed by atoms with Crippen LogP contribution >= 0.6 is 0 Å². The van der Waals surface area contributed by atoms with E-state index in [-0.39, 0.29) is 0 Å². The number of anilines is 2. The summed E-state index contributed by atoms with van der Waals surface area (Å²) in [6.07, 6.45) is 11.6. The number of benzene rings is 1. The maximum Gasteiger partial charge on any atom is 0.229 e. The van der Waals surface area contributed by atoms with Gasteiger partial charge in [-0.05, 0) is 31.0 Å². The number of hydrogen-bond donors (Lipinski definition) is 1. The standard InChI is InChI=1S/C22H26N6O/c1-3-19(4-2)28-10-8-17-15-24-22(26-21(17)28)25-18-6-5-7-20(14-18)29-13-12-27-11-9-23-16-27/h5-11,14-16,19H,3-4,12-13H2,1-2H3,(H,24,25,26). The van der Waals surface area contributed by atoms with E-state index in [1.807, 2.05) is 41.2 Å². The van der Waals surface area contributed by atoms with Crippen LogP contribution in [0.15, 0.2) is 61.4 Å². The maximum absolute atomic E-state index is 5.86. The average molecular weight is 390 g/mol. The van der Waals surface area contributed by atoms with Gasteiger partial charge in [-0.2, -0.15) is 4.98 Å². The van der Waals surface area contributed by atoms with E-state index in [2.05, 4.69) is 46.0 Å². The van der Waals surface area contributed by atoms with Crippen molar-refractivity contribution in [2.24, 2.45) is 0 Å². The average Bonchev–Trinajstić information content (AvgIpc) is 3.40. The van der Waals surface area contributed by atoms with Crippen molar-refractivity contribution in [3.63, 3.8) is 0 Å². The second-order valence-corrected chi connectivity index (χ2v) is 6.97. The molecule has 3 heterocycles. The molecule has 0 aliphatic carbocycles. The van der Waals surface area contributed by atoms with Gasteiger partial charge in [-0.1, -0.05) is 19.9 Å². The third-order valence-corrected chi connectivity index (χ3v) is 5.06. The van der Waals surface area contributed by atoms with Crippen molar-refractivity contribution in [1.82, 2.24) is 24.1 Å². The summed E-state index contributed by atoms with van der Waals surface area (Å²) < 4.78 is 10.1. The molecule has 0 atom stereocenters. The van der Waals surface area contributed by atoms with Gasteiger partial charge < -0.3 is 19.2 Å². The predicted molar refractivity (Wildman–Crippen MR) is 115 cm³/mol. The predicted octanol–water partition coefficient (Wildman–Crippen LogP) is 4.81. The van der Waals surface area contributed by atoms with E-state index >= 15 is 0 Å². The van der Waals surface area contributed by atoms with Crippen LogP contribution in [0.4, 0.5) is 11.6 Å². The second kappa shape index (κ2) is 8.77. The summed E-state index contributed by atoms with van der Waals surface area (Å²) in [6, 6.07) is 10.4. The molecule has 0 fully saturated rings. The maximum atomic E-state index is 5.86. The van der Waals surface area contributed by atoms with E-state index in [0.717, 1.165) is 41.9 Å². The topological polar surface area (TPSA) is 69.8 Å². The van der Waals surface area contributed by atoms with Gasteiger partial charge in [0.2, 0.25) is 5.95 Å². The Morgan fingerprint density at radius 1 is 1.14 bits per heavy atom. The van der Waals surface area contributed by atoms with Crippen molar-refractivity contribution in [1.29, 1.82) is 0 Å². The van der Waals surface area contributed by atoms with Crippen molar-refractivity contribution >= 4 is 22.7 Å². The van der Waals surface area contributed by atoms with Crippen LogP contribution in [0.1, 0.15) is 32.7 Å². The Kier molecular flexibility index (Phi) is 5.74. The summed E-state index contributed by atoms with van der Waals surface area (Å²) in [7, 11) is 0. The minimum atomic E-state index is 0.447. The number of ether oxygens (including phenoxy) is 1. The van der Waals surface area contributed by atoms with Gasteiger partial charge in [0.05, 0.1) is 12.9 Å². The summed E-state index contributed by atoms with van der Waals surface area (Å²) in [5, 5.41) is 4.36. The zero-order valence-electron chi connectivity index (χ0n) is 16.8. The first-order valence-electron chi connectivity index (χ1n) is 10.1. The first kappa shape index (κ1) is 19.0. The molecular formula is C22H26N6O. The molecule has 0 unspecified atom stereocenters. The lowest BCUT2D eigenvalue weighted by Crippen LogP contribution is -2.07. The lowest BCUT2D eigenvalue weighted by atomic mass is 10.2. The van der Waals surface area contributed by atoms with Crippen LogP contribution < -0.4 is 10.1 Å². The van der Waals surface area contributed by atoms with Crippen LogP contribution in [-0.2, 0) is 6.54 Å². The number of hydrogen-bond acceptors (Lipinski definition) is 5. The molecule has 0 radical (unpaired) electrons. The molecule has 0 saturated carbocycles. The zero-order valence-corrected chi connectivity index (χ0v) is 16.8. The number of rotatable bonds is 9. The van der Waals surface area contributed by atoms with Gasteiger partial charge in [-0.25, -0.2) is 9.97 Å². The highest BCUT2D eigenvalue weighted by molar-refractivity contribution is 5.77. The Morgan fingerprint density at radius 2 is 2.03 bits per heavy atom. The van der Waals surface area contributed by atoms with Gasteiger partial charge in [0.25, 0.3) is 0 Å². The lowest BCUT2D eigenvalue weighted by Gasteiger charge is -2.16. The molecule has 0 spiro atoms. The Labute approximate surface area is 170 Å². The number of fused-ring (bicyclic) bond motifs is 1. The molecular weight excluding hydrogens is 364 g/mol. The van der Waals surface area contributed by atoms with Crippen LogP contribution in [0, 0.1) is 0 Å². The molecule has 0 aliphatic rings. The summed E-state index contributed by atoms with van der Waals surface area (Å²) >= 11 is 0. The number of nitrogens with one attached hydrogen (secondary N) is 1. The monoisotopic (exact) mass is 390 g/mol. The van der Waals surface area contributed by atoms with Gasteiger partial charge in [-0.3, -0.25) is 0 Å². The van der Waals surface area contributed by atoms with Crippen LogP contribution in [-0.4, -0.2) is 30.7 Å². The molecule has 7 nitrogen and oxygen atoms in total. The smallest absolute Gasteiger partial charge is 0.229 e. The minimum absolute atomic E-state index is 0.447. The van der Waals surface area contributed by atoms with Crippen LogP contribution in [0.2, 0.25) is 0 Å². The zero-order chi connectivity index (χ0) is 20.1. The van der Waals surface area contributed by atoms with Gasteiger partial charge in [-0.15, -0.1) is 0 Å². The van der Waals surface area contributed by atoms with Gasteiger partial charge in [0.1, 0.15) is 18.0 Å². The van der Waals surface area contributed by atoms with Crippen molar-refractivity contribution in [2.75, 3.05) is 11.9 Å². The number of aromatic nitrogens is 5. The third-order valence-electron chi connectivity index (χ3n) is 5.06. The minimum Gasteiger partial charge on any atom is -0.492 e. The quantitative estimate of drug-likeness (QED) is 0.444. The van der Waals surface area contributed by atoms with E-state index in [9.17, 15) is 0 Å². The molecule has 3 aromatic heterocycles. The fraction of sp³-hybridized carbons (Fsp3) is 0.318. The summed E-state index contributed by atoms with van der Waals surface area (Å²) in [6.45, 7) is 5.74. The number of nitrogens with zero attached hydrogens (tertiary/aromatic N) is 5. The Morgan fingerprint density at radius 3 is 2.83 bits per heavy atom. The largest absolute Gasteiger partial charge is 0.492 e. The van der Waals surface area contributed by atoms with Crippen LogP contribution in [0.3, 0.4) is 0 Å². The normalized spacial score (nSPS) is 11.3. The van der Waals surface area contributed by atoms with Gasteiger partial charge in [0, 0.05) is 48.0 Å². The molecule has 7 heteroatoms. The van der Waals surface area contributed by atoms with E-state index in [1.165, 1.54) is 0 Å². The highest BCUT2D eigenvalue weighted by Gasteiger charge is 2.12. The van der Waals surface area contributed by atoms with Crippen molar-refractivity contribution in [3.05, 3.63) is 61.4 Å². The van der Waals surface area contributed by atoms with E-state index in [4.69, 9.17) is 9.72 Å². The van der Waals surface area contributed by atoms with E-state index in [1.54, 1.807) is 12.5 Å². The second-order valence-electron chi connectivity index (χ2n) is 6.97. The molecule has 0 amide bonds. The van der Waals surface area contributed by atoms with E-state index in [0.29, 0.717) is 18.6 Å². The van der Waals surface area contributed by atoms with Gasteiger partial charge >= 0.3 is 0 Å².